The van der Waals surface area contributed by atoms with Crippen molar-refractivity contribution in [2.24, 2.45) is 5.92 Å². The molecular formula is C18H23ClN4O. The molecule has 2 aromatic rings. The van der Waals surface area contributed by atoms with Gasteiger partial charge in [0.1, 0.15) is 0 Å². The van der Waals surface area contributed by atoms with Crippen LogP contribution in [0.4, 0.5) is 5.69 Å². The molecule has 1 amide bonds. The van der Waals surface area contributed by atoms with Crippen LogP contribution in [0.2, 0.25) is 5.02 Å². The summed E-state index contributed by atoms with van der Waals surface area (Å²) >= 11 is 6.06. The second-order valence-corrected chi connectivity index (χ2v) is 6.69. The van der Waals surface area contributed by atoms with Gasteiger partial charge in [0.25, 0.3) is 0 Å². The zero-order chi connectivity index (χ0) is 16.8. The average molecular weight is 347 g/mol. The molecule has 3 rings (SSSR count). The molecule has 0 radical (unpaired) electrons. The third-order valence-corrected chi connectivity index (χ3v) is 4.63. The summed E-state index contributed by atoms with van der Waals surface area (Å²) in [6.07, 6.45) is 6.13. The lowest BCUT2D eigenvalue weighted by Crippen LogP contribution is -2.31. The molecule has 1 atom stereocenters. The Morgan fingerprint density at radius 3 is 3.08 bits per heavy atom. The summed E-state index contributed by atoms with van der Waals surface area (Å²) in [7, 11) is 0. The zero-order valence-corrected chi connectivity index (χ0v) is 14.5. The van der Waals surface area contributed by atoms with Crippen LogP contribution in [-0.2, 0) is 11.3 Å². The summed E-state index contributed by atoms with van der Waals surface area (Å²) in [6.45, 7) is 3.51. The van der Waals surface area contributed by atoms with E-state index in [9.17, 15) is 4.79 Å². The maximum absolute atomic E-state index is 12.0. The predicted octanol–water partition coefficient (Wildman–Crippen LogP) is 2.96. The minimum absolute atomic E-state index is 0.128. The normalized spacial score (nSPS) is 17.2. The lowest BCUT2D eigenvalue weighted by atomic mass is 10.1. The first-order chi connectivity index (χ1) is 11.7. The highest BCUT2D eigenvalue weighted by Gasteiger charge is 2.23. The van der Waals surface area contributed by atoms with Crippen LogP contribution < -0.4 is 10.2 Å². The van der Waals surface area contributed by atoms with Gasteiger partial charge in [-0.2, -0.15) is 5.10 Å². The number of benzene rings is 1. The molecule has 0 spiro atoms. The molecule has 1 aromatic heterocycles. The van der Waals surface area contributed by atoms with Crippen molar-refractivity contribution in [3.8, 4) is 0 Å². The Kier molecular flexibility index (Phi) is 5.75. The lowest BCUT2D eigenvalue weighted by molar-refractivity contribution is -0.121. The summed E-state index contributed by atoms with van der Waals surface area (Å²) in [5, 5.41) is 7.97. The van der Waals surface area contributed by atoms with Gasteiger partial charge in [0.2, 0.25) is 5.91 Å². The molecule has 1 fully saturated rings. The number of carbonyl (C=O) groups is 1. The van der Waals surface area contributed by atoms with Gasteiger partial charge in [0, 0.05) is 55.7 Å². The number of amides is 1. The number of rotatable bonds is 7. The third kappa shape index (κ3) is 4.74. The number of nitrogens with zero attached hydrogens (tertiary/aromatic N) is 3. The molecule has 0 bridgehead atoms. The molecule has 6 heteroatoms. The quantitative estimate of drug-likeness (QED) is 0.838. The van der Waals surface area contributed by atoms with Gasteiger partial charge in [-0.25, -0.2) is 0 Å². The van der Waals surface area contributed by atoms with E-state index in [1.165, 1.54) is 0 Å². The van der Waals surface area contributed by atoms with Crippen molar-refractivity contribution in [3.05, 3.63) is 47.7 Å². The molecule has 24 heavy (non-hydrogen) atoms. The highest BCUT2D eigenvalue weighted by Crippen LogP contribution is 2.25. The summed E-state index contributed by atoms with van der Waals surface area (Å²) in [5.74, 6) is 0.627. The average Bonchev–Trinajstić information content (AvgIpc) is 3.25. The van der Waals surface area contributed by atoms with E-state index in [1.807, 2.05) is 35.1 Å². The van der Waals surface area contributed by atoms with Crippen LogP contribution >= 0.6 is 11.6 Å². The highest BCUT2D eigenvalue weighted by atomic mass is 35.5. The van der Waals surface area contributed by atoms with E-state index < -0.39 is 0 Å². The van der Waals surface area contributed by atoms with E-state index in [1.54, 1.807) is 6.20 Å². The van der Waals surface area contributed by atoms with Crippen molar-refractivity contribution in [3.63, 3.8) is 0 Å². The molecule has 5 nitrogen and oxygen atoms in total. The highest BCUT2D eigenvalue weighted by molar-refractivity contribution is 6.30. The van der Waals surface area contributed by atoms with Gasteiger partial charge >= 0.3 is 0 Å². The molecular weight excluding hydrogens is 324 g/mol. The van der Waals surface area contributed by atoms with Crippen molar-refractivity contribution < 1.29 is 4.79 Å². The minimum atomic E-state index is 0.128. The summed E-state index contributed by atoms with van der Waals surface area (Å²) in [6, 6.07) is 9.85. The topological polar surface area (TPSA) is 50.2 Å². The molecule has 0 aliphatic carbocycles. The van der Waals surface area contributed by atoms with E-state index in [-0.39, 0.29) is 5.91 Å². The van der Waals surface area contributed by atoms with Gasteiger partial charge in [-0.15, -0.1) is 0 Å². The molecule has 0 saturated carbocycles. The number of hydrogen-bond acceptors (Lipinski definition) is 3. The first-order valence-corrected chi connectivity index (χ1v) is 8.83. The Balaban J connectivity index is 1.36. The van der Waals surface area contributed by atoms with Gasteiger partial charge in [-0.1, -0.05) is 17.7 Å². The number of aryl methyl sites for hydroxylation is 1. The molecule has 128 valence electrons. The summed E-state index contributed by atoms with van der Waals surface area (Å²) < 4.78 is 1.85. The molecule has 1 aromatic carbocycles. The van der Waals surface area contributed by atoms with E-state index >= 15 is 0 Å². The molecule has 1 aliphatic rings. The Hall–Kier alpha value is -2.01. The van der Waals surface area contributed by atoms with Crippen LogP contribution in [0.5, 0.6) is 0 Å². The number of carbonyl (C=O) groups excluding carboxylic acids is 1. The molecule has 2 heterocycles. The Morgan fingerprint density at radius 1 is 1.38 bits per heavy atom. The van der Waals surface area contributed by atoms with Gasteiger partial charge in [0.15, 0.2) is 0 Å². The van der Waals surface area contributed by atoms with Crippen molar-refractivity contribution in [1.29, 1.82) is 0 Å². The van der Waals surface area contributed by atoms with Crippen molar-refractivity contribution >= 4 is 23.2 Å². The molecule has 1 saturated heterocycles. The maximum atomic E-state index is 12.0. The molecule has 1 unspecified atom stereocenters. The Labute approximate surface area is 147 Å². The first kappa shape index (κ1) is 16.8. The van der Waals surface area contributed by atoms with Crippen LogP contribution in [0.3, 0.4) is 0 Å². The van der Waals surface area contributed by atoms with E-state index in [4.69, 9.17) is 11.6 Å². The van der Waals surface area contributed by atoms with Crippen LogP contribution in [0.25, 0.3) is 0 Å². The van der Waals surface area contributed by atoms with Gasteiger partial charge < -0.3 is 10.2 Å². The number of aromatic nitrogens is 2. The minimum Gasteiger partial charge on any atom is -0.371 e. The second kappa shape index (κ2) is 8.20. The van der Waals surface area contributed by atoms with Crippen LogP contribution in [0.1, 0.15) is 19.3 Å². The van der Waals surface area contributed by atoms with Gasteiger partial charge in [-0.3, -0.25) is 9.48 Å². The van der Waals surface area contributed by atoms with Gasteiger partial charge in [-0.05, 0) is 43.0 Å². The SMILES string of the molecule is O=C(CCCn1cccn1)NCC1CCN(c2cccc(Cl)c2)C1. The Bertz CT molecular complexity index is 659. The number of nitrogens with one attached hydrogen (secondary N) is 1. The third-order valence-electron chi connectivity index (χ3n) is 4.40. The van der Waals surface area contributed by atoms with Gasteiger partial charge in [0.05, 0.1) is 0 Å². The second-order valence-electron chi connectivity index (χ2n) is 6.26. The zero-order valence-electron chi connectivity index (χ0n) is 13.7. The first-order valence-electron chi connectivity index (χ1n) is 8.45. The molecule has 1 aliphatic heterocycles. The Morgan fingerprint density at radius 2 is 2.29 bits per heavy atom. The maximum Gasteiger partial charge on any atom is 0.220 e. The largest absolute Gasteiger partial charge is 0.371 e. The number of halogens is 1. The number of anilines is 1. The molecule has 1 N–H and O–H groups in total. The van der Waals surface area contributed by atoms with Crippen LogP contribution in [-0.4, -0.2) is 35.3 Å². The van der Waals surface area contributed by atoms with E-state index in [2.05, 4.69) is 21.4 Å². The van der Waals surface area contributed by atoms with Crippen LogP contribution in [0.15, 0.2) is 42.7 Å². The van der Waals surface area contributed by atoms with Crippen molar-refractivity contribution in [1.82, 2.24) is 15.1 Å². The van der Waals surface area contributed by atoms with E-state index in [0.717, 1.165) is 49.7 Å². The summed E-state index contributed by atoms with van der Waals surface area (Å²) in [5.41, 5.74) is 1.16. The van der Waals surface area contributed by atoms with E-state index in [0.29, 0.717) is 12.3 Å². The fourth-order valence-corrected chi connectivity index (χ4v) is 3.27. The number of hydrogen-bond donors (Lipinski definition) is 1. The predicted molar refractivity (Wildman–Crippen MR) is 96.2 cm³/mol. The summed E-state index contributed by atoms with van der Waals surface area (Å²) in [4.78, 5) is 14.3. The monoisotopic (exact) mass is 346 g/mol. The fraction of sp³-hybridized carbons (Fsp3) is 0.444. The lowest BCUT2D eigenvalue weighted by Gasteiger charge is -2.19. The smallest absolute Gasteiger partial charge is 0.220 e. The van der Waals surface area contributed by atoms with Crippen LogP contribution in [0, 0.1) is 5.92 Å². The van der Waals surface area contributed by atoms with Crippen molar-refractivity contribution in [2.75, 3.05) is 24.5 Å². The fourth-order valence-electron chi connectivity index (χ4n) is 3.09. The van der Waals surface area contributed by atoms with Crippen molar-refractivity contribution in [2.45, 2.75) is 25.8 Å². The standard InChI is InChI=1S/C18H23ClN4O/c19-16-4-1-5-17(12-16)22-11-7-15(14-22)13-20-18(24)6-2-9-23-10-3-8-21-23/h1,3-5,8,10,12,15H,2,6-7,9,11,13-14H2,(H,20,24).